The number of hydrogen-bond acceptors (Lipinski definition) is 5. The summed E-state index contributed by atoms with van der Waals surface area (Å²) >= 11 is 1.39. The van der Waals surface area contributed by atoms with E-state index in [0.29, 0.717) is 27.8 Å². The number of hydrogen-bond donors (Lipinski definition) is 2. The van der Waals surface area contributed by atoms with Crippen LogP contribution in [0.1, 0.15) is 5.69 Å². The molecule has 2 heterocycles. The molecule has 1 aliphatic rings. The number of benzene rings is 3. The number of halogens is 1. The first kappa shape index (κ1) is 21.3. The van der Waals surface area contributed by atoms with Crippen LogP contribution in [0.4, 0.5) is 4.39 Å². The highest BCUT2D eigenvalue weighted by Crippen LogP contribution is 2.33. The summed E-state index contributed by atoms with van der Waals surface area (Å²) in [5, 5.41) is 13.5. The number of H-pyrrole nitrogens is 1. The summed E-state index contributed by atoms with van der Waals surface area (Å²) in [5.41, 5.74) is 0.0455. The second-order valence-corrected chi connectivity index (χ2v) is 9.05. The number of aliphatic imine (C=N–C) groups is 1. The van der Waals surface area contributed by atoms with Crippen molar-refractivity contribution in [2.75, 3.05) is 19.5 Å². The molecular weight excluding hydrogens is 443 g/mol. The molecule has 6 nitrogen and oxygen atoms in total. The Morgan fingerprint density at radius 1 is 1.09 bits per heavy atom. The number of carboxylic acids is 1. The Kier molecular flexibility index (Phi) is 5.46. The molecule has 0 bridgehead atoms. The molecule has 33 heavy (non-hydrogen) atoms. The van der Waals surface area contributed by atoms with E-state index in [0.717, 1.165) is 21.9 Å². The van der Waals surface area contributed by atoms with Gasteiger partial charge < -0.3 is 19.6 Å². The van der Waals surface area contributed by atoms with Crippen LogP contribution in [0.25, 0.3) is 21.7 Å². The average molecular weight is 465 g/mol. The number of nitrogens with one attached hydrogen (secondary N) is 1. The van der Waals surface area contributed by atoms with Crippen molar-refractivity contribution in [2.24, 2.45) is 4.99 Å². The second kappa shape index (κ2) is 8.44. The van der Waals surface area contributed by atoms with Gasteiger partial charge in [0.2, 0.25) is 0 Å². The molecule has 5 rings (SSSR count). The molecule has 0 radical (unpaired) electrons. The topological polar surface area (TPSA) is 83.9 Å². The highest BCUT2D eigenvalue weighted by Gasteiger charge is 2.43. The van der Waals surface area contributed by atoms with E-state index in [9.17, 15) is 14.3 Å². The van der Waals surface area contributed by atoms with E-state index >= 15 is 0 Å². The number of ether oxygens (including phenoxy) is 2. The Morgan fingerprint density at radius 3 is 2.64 bits per heavy atom. The van der Waals surface area contributed by atoms with Gasteiger partial charge in [-0.15, -0.1) is 11.8 Å². The fourth-order valence-corrected chi connectivity index (χ4v) is 5.07. The number of nitrogens with zero attached hydrogens (tertiary/aromatic N) is 1. The van der Waals surface area contributed by atoms with Crippen LogP contribution in [-0.4, -0.2) is 46.1 Å². The Labute approximate surface area is 193 Å². The molecule has 0 fully saturated rings. The zero-order valence-corrected chi connectivity index (χ0v) is 18.6. The first-order valence-corrected chi connectivity index (χ1v) is 11.4. The average Bonchev–Trinajstić information content (AvgIpc) is 3.41. The van der Waals surface area contributed by atoms with Gasteiger partial charge in [0.25, 0.3) is 0 Å². The third-order valence-electron chi connectivity index (χ3n) is 5.72. The number of carbonyl (C=O) groups is 1. The van der Waals surface area contributed by atoms with E-state index in [1.165, 1.54) is 23.9 Å². The van der Waals surface area contributed by atoms with Gasteiger partial charge in [-0.25, -0.2) is 9.18 Å². The minimum absolute atomic E-state index is 0.185. The maximum atomic E-state index is 13.5. The predicted octanol–water partition coefficient (Wildman–Crippen LogP) is 5.06. The number of aliphatic carboxylic acids is 1. The number of fused-ring (bicyclic) bond motifs is 2. The molecule has 4 aromatic rings. The molecule has 1 unspecified atom stereocenters. The molecule has 2 N–H and O–H groups in total. The Bertz CT molecular complexity index is 1400. The van der Waals surface area contributed by atoms with Gasteiger partial charge in [-0.1, -0.05) is 12.1 Å². The monoisotopic (exact) mass is 464 g/mol. The van der Waals surface area contributed by atoms with Crippen LogP contribution in [0.5, 0.6) is 11.5 Å². The molecular formula is C25H21FN2O4S. The highest BCUT2D eigenvalue weighted by atomic mass is 32.2. The molecule has 8 heteroatoms. The van der Waals surface area contributed by atoms with Gasteiger partial charge in [-0.3, -0.25) is 4.99 Å². The standard InChI is InChI=1S/C25H21FN2O4S/c1-31-20-6-3-15-4-7-21(10-17(15)9-20)32-13-23-28-25(14-33-23,24(29)30)12-19-8-16-2-5-18(26)11-22(16)27-19/h2-11,27H,12-14H2,1H3,(H,29,30). The van der Waals surface area contributed by atoms with Gasteiger partial charge >= 0.3 is 5.97 Å². The van der Waals surface area contributed by atoms with Crippen LogP contribution in [-0.2, 0) is 11.2 Å². The number of rotatable bonds is 7. The van der Waals surface area contributed by atoms with E-state index in [4.69, 9.17) is 9.47 Å². The van der Waals surface area contributed by atoms with Crippen molar-refractivity contribution in [3.05, 3.63) is 72.2 Å². The third-order valence-corrected chi connectivity index (χ3v) is 6.88. The Balaban J connectivity index is 1.33. The quantitative estimate of drug-likeness (QED) is 0.400. The first-order valence-electron chi connectivity index (χ1n) is 10.4. The lowest BCUT2D eigenvalue weighted by Gasteiger charge is -2.19. The molecule has 0 amide bonds. The van der Waals surface area contributed by atoms with Gasteiger partial charge in [0.15, 0.2) is 5.54 Å². The van der Waals surface area contributed by atoms with Gasteiger partial charge in [0, 0.05) is 23.4 Å². The van der Waals surface area contributed by atoms with E-state index in [2.05, 4.69) is 9.98 Å². The number of carboxylic acid groups (broad SMARTS) is 1. The van der Waals surface area contributed by atoms with Crippen molar-refractivity contribution in [3.8, 4) is 11.5 Å². The Morgan fingerprint density at radius 2 is 1.85 bits per heavy atom. The SMILES string of the molecule is COc1ccc2ccc(OCC3=NC(Cc4cc5ccc(F)cc5[nH]4)(C(=O)O)CS3)cc2c1. The van der Waals surface area contributed by atoms with Crippen molar-refractivity contribution in [2.45, 2.75) is 12.0 Å². The molecule has 0 spiro atoms. The van der Waals surface area contributed by atoms with E-state index in [-0.39, 0.29) is 18.8 Å². The fraction of sp³-hybridized carbons (Fsp3) is 0.200. The molecule has 3 aromatic carbocycles. The van der Waals surface area contributed by atoms with E-state index in [1.54, 1.807) is 13.2 Å². The number of aromatic nitrogens is 1. The van der Waals surface area contributed by atoms with E-state index < -0.39 is 11.5 Å². The van der Waals surface area contributed by atoms with Crippen LogP contribution in [0.3, 0.4) is 0 Å². The highest BCUT2D eigenvalue weighted by molar-refractivity contribution is 8.14. The predicted molar refractivity (Wildman–Crippen MR) is 128 cm³/mol. The summed E-state index contributed by atoms with van der Waals surface area (Å²) in [5.74, 6) is 0.406. The van der Waals surface area contributed by atoms with Crippen LogP contribution in [0.2, 0.25) is 0 Å². The van der Waals surface area contributed by atoms with Crippen LogP contribution < -0.4 is 9.47 Å². The van der Waals surface area contributed by atoms with Gasteiger partial charge in [-0.2, -0.15) is 0 Å². The minimum atomic E-state index is -1.29. The molecule has 0 saturated heterocycles. The molecule has 168 valence electrons. The summed E-state index contributed by atoms with van der Waals surface area (Å²) in [6.45, 7) is 0.188. The minimum Gasteiger partial charge on any atom is -0.497 e. The van der Waals surface area contributed by atoms with Crippen LogP contribution >= 0.6 is 11.8 Å². The molecule has 0 aliphatic carbocycles. The lowest BCUT2D eigenvalue weighted by Crippen LogP contribution is -2.39. The second-order valence-electron chi connectivity index (χ2n) is 8.00. The van der Waals surface area contributed by atoms with Crippen molar-refractivity contribution in [1.82, 2.24) is 4.98 Å². The van der Waals surface area contributed by atoms with E-state index in [1.807, 2.05) is 42.5 Å². The van der Waals surface area contributed by atoms with Crippen LogP contribution in [0.15, 0.2) is 65.7 Å². The smallest absolute Gasteiger partial charge is 0.332 e. The van der Waals surface area contributed by atoms with Crippen molar-refractivity contribution >= 4 is 44.5 Å². The largest absolute Gasteiger partial charge is 0.497 e. The number of thioether (sulfide) groups is 1. The zero-order chi connectivity index (χ0) is 23.0. The summed E-state index contributed by atoms with van der Waals surface area (Å²) in [4.78, 5) is 19.8. The van der Waals surface area contributed by atoms with Crippen molar-refractivity contribution < 1.29 is 23.8 Å². The number of aromatic amines is 1. The first-order chi connectivity index (χ1) is 15.9. The summed E-state index contributed by atoms with van der Waals surface area (Å²) < 4.78 is 24.7. The maximum absolute atomic E-state index is 13.5. The molecule has 1 aliphatic heterocycles. The lowest BCUT2D eigenvalue weighted by molar-refractivity contribution is -0.142. The van der Waals surface area contributed by atoms with Gasteiger partial charge in [0.1, 0.15) is 29.0 Å². The zero-order valence-electron chi connectivity index (χ0n) is 17.8. The molecule has 1 atom stereocenters. The summed E-state index contributed by atoms with van der Waals surface area (Å²) in [6, 6.07) is 17.9. The number of methoxy groups -OCH3 is 1. The normalized spacial score (nSPS) is 17.9. The molecule has 0 saturated carbocycles. The molecule has 1 aromatic heterocycles. The maximum Gasteiger partial charge on any atom is 0.332 e. The lowest BCUT2D eigenvalue weighted by atomic mass is 9.96. The van der Waals surface area contributed by atoms with Gasteiger partial charge in [0.05, 0.1) is 7.11 Å². The van der Waals surface area contributed by atoms with Crippen molar-refractivity contribution in [3.63, 3.8) is 0 Å². The van der Waals surface area contributed by atoms with Gasteiger partial charge in [-0.05, 0) is 64.7 Å². The third kappa shape index (κ3) is 4.26. The fourth-order valence-electron chi connectivity index (χ4n) is 3.99. The summed E-state index contributed by atoms with van der Waals surface area (Å²) in [7, 11) is 1.62. The summed E-state index contributed by atoms with van der Waals surface area (Å²) in [6.07, 6.45) is 0.185. The van der Waals surface area contributed by atoms with Crippen molar-refractivity contribution in [1.29, 1.82) is 0 Å². The van der Waals surface area contributed by atoms with Crippen LogP contribution in [0, 0.1) is 5.82 Å². The Hall–Kier alpha value is -3.52.